The molecule has 5 N–H and O–H groups in total. The van der Waals surface area contributed by atoms with Gasteiger partial charge in [0.1, 0.15) is 0 Å². The summed E-state index contributed by atoms with van der Waals surface area (Å²) in [6.45, 7) is 3.96. The Labute approximate surface area is 182 Å². The number of hydrazine groups is 1. The summed E-state index contributed by atoms with van der Waals surface area (Å²) in [5.41, 5.74) is 8.71. The summed E-state index contributed by atoms with van der Waals surface area (Å²) >= 11 is 0. The first kappa shape index (κ1) is 22.4. The van der Waals surface area contributed by atoms with E-state index in [-0.39, 0.29) is 18.6 Å². The second-order valence-electron chi connectivity index (χ2n) is 6.99. The zero-order valence-corrected chi connectivity index (χ0v) is 17.9. The molecule has 0 radical (unpaired) electrons. The van der Waals surface area contributed by atoms with Crippen LogP contribution >= 0.6 is 0 Å². The average Bonchev–Trinajstić information content (AvgIpc) is 2.77. The maximum atomic E-state index is 10.8. The highest BCUT2D eigenvalue weighted by Gasteiger charge is 2.15. The van der Waals surface area contributed by atoms with Crippen LogP contribution in [0, 0.1) is 5.92 Å². The number of anilines is 3. The average molecular weight is 443 g/mol. The molecule has 0 aliphatic heterocycles. The highest BCUT2D eigenvalue weighted by molar-refractivity contribution is 7.68. The minimum Gasteiger partial charge on any atom is -0.454 e. The maximum absolute atomic E-state index is 10.8. The standard InChI is InChI=1S/C20H24N7O3S/c1-13(2)18(12-28)23-20-22-17(14-7-9-21-10-8-14)11-19(24-20)26-25-15-3-5-16(6-4-15)27-31(29)30/h3-11,13,18,25,28H,12H2,1-2H3,(H,27,29,30)(H2,22,23,24,26)/q-1/t18-/m0/s1. The van der Waals surface area contributed by atoms with E-state index in [1.165, 1.54) is 0 Å². The van der Waals surface area contributed by atoms with Crippen LogP contribution in [0.5, 0.6) is 0 Å². The van der Waals surface area contributed by atoms with Crippen molar-refractivity contribution in [3.8, 4) is 11.3 Å². The van der Waals surface area contributed by atoms with Gasteiger partial charge in [0.25, 0.3) is 0 Å². The number of nitrogens with one attached hydrogen (secondary N) is 3. The first-order valence-electron chi connectivity index (χ1n) is 9.56. The van der Waals surface area contributed by atoms with Crippen molar-refractivity contribution in [2.24, 2.45) is 10.3 Å². The number of aliphatic hydroxyl groups excluding tert-OH is 1. The fourth-order valence-corrected chi connectivity index (χ4v) is 2.97. The lowest BCUT2D eigenvalue weighted by atomic mass is 10.1. The van der Waals surface area contributed by atoms with Crippen LogP contribution in [0.4, 0.5) is 23.1 Å². The van der Waals surface area contributed by atoms with E-state index in [1.54, 1.807) is 42.7 Å². The van der Waals surface area contributed by atoms with Crippen LogP contribution in [0.3, 0.4) is 0 Å². The molecule has 11 heteroatoms. The van der Waals surface area contributed by atoms with Gasteiger partial charge in [-0.2, -0.15) is 4.98 Å². The summed E-state index contributed by atoms with van der Waals surface area (Å²) in [5, 5.41) is 12.8. The van der Waals surface area contributed by atoms with Gasteiger partial charge in [-0.15, -0.1) is 0 Å². The van der Waals surface area contributed by atoms with E-state index in [1.807, 2.05) is 26.0 Å². The number of hydrogen-bond acceptors (Lipinski definition) is 10. The Bertz CT molecular complexity index is 1070. The normalized spacial score (nSPS) is 13.1. The van der Waals surface area contributed by atoms with Crippen LogP contribution in [-0.2, 0) is 15.1 Å². The Hall–Kier alpha value is -3.28. The Morgan fingerprint density at radius 3 is 2.39 bits per heavy atom. The maximum Gasteiger partial charge on any atom is 0.225 e. The molecule has 2 heterocycles. The Kier molecular flexibility index (Phi) is 7.70. The molecule has 0 saturated heterocycles. The third-order valence-corrected chi connectivity index (χ3v) is 4.77. The number of hydrogen-bond donors (Lipinski definition) is 5. The highest BCUT2D eigenvalue weighted by Crippen LogP contribution is 2.22. The predicted octanol–water partition coefficient (Wildman–Crippen LogP) is 3.66. The summed E-state index contributed by atoms with van der Waals surface area (Å²) in [5.74, 6) is 1.07. The van der Waals surface area contributed by atoms with Gasteiger partial charge >= 0.3 is 0 Å². The van der Waals surface area contributed by atoms with Gasteiger partial charge < -0.3 is 23.5 Å². The van der Waals surface area contributed by atoms with Crippen LogP contribution in [-0.4, -0.2) is 37.3 Å². The number of benzene rings is 1. The Balaban J connectivity index is 1.83. The van der Waals surface area contributed by atoms with Gasteiger partial charge in [0.05, 0.1) is 24.0 Å². The van der Waals surface area contributed by atoms with Crippen LogP contribution in [0.25, 0.3) is 11.3 Å². The van der Waals surface area contributed by atoms with Crippen LogP contribution < -0.4 is 16.2 Å². The monoisotopic (exact) mass is 442 g/mol. The number of nitrogens with zero attached hydrogens (tertiary/aromatic N) is 4. The molecule has 164 valence electrons. The molecule has 31 heavy (non-hydrogen) atoms. The summed E-state index contributed by atoms with van der Waals surface area (Å²) in [6, 6.07) is 11.9. The van der Waals surface area contributed by atoms with E-state index in [4.69, 9.17) is 4.55 Å². The molecule has 1 aromatic carbocycles. The van der Waals surface area contributed by atoms with E-state index >= 15 is 0 Å². The van der Waals surface area contributed by atoms with E-state index in [0.29, 0.717) is 28.8 Å². The first-order valence-corrected chi connectivity index (χ1v) is 10.6. The minimum atomic E-state index is -2.25. The smallest absolute Gasteiger partial charge is 0.225 e. The third-order valence-electron chi connectivity index (χ3n) is 4.40. The molecule has 10 nitrogen and oxygen atoms in total. The lowest BCUT2D eigenvalue weighted by Crippen LogP contribution is -2.30. The van der Waals surface area contributed by atoms with E-state index in [2.05, 4.69) is 35.5 Å². The molecule has 0 unspecified atom stereocenters. The molecule has 0 aliphatic rings. The predicted molar refractivity (Wildman–Crippen MR) is 121 cm³/mol. The first-order chi connectivity index (χ1) is 14.9. The molecule has 3 rings (SSSR count). The number of rotatable bonds is 9. The van der Waals surface area contributed by atoms with E-state index in [0.717, 1.165) is 5.56 Å². The van der Waals surface area contributed by atoms with Crippen molar-refractivity contribution in [2.75, 3.05) is 22.8 Å². The van der Waals surface area contributed by atoms with Crippen molar-refractivity contribution in [3.05, 3.63) is 54.9 Å². The second kappa shape index (κ2) is 10.7. The highest BCUT2D eigenvalue weighted by atomic mass is 32.2. The summed E-state index contributed by atoms with van der Waals surface area (Å²) in [7, 11) is -2.25. The topological polar surface area (TPSA) is 145 Å². The van der Waals surface area contributed by atoms with Gasteiger partial charge in [0.2, 0.25) is 5.95 Å². The largest absolute Gasteiger partial charge is 0.454 e. The third kappa shape index (κ3) is 6.60. The Morgan fingerprint density at radius 2 is 1.77 bits per heavy atom. The fraction of sp³-hybridized carbons (Fsp3) is 0.250. The van der Waals surface area contributed by atoms with Crippen molar-refractivity contribution in [2.45, 2.75) is 19.9 Å². The Morgan fingerprint density at radius 1 is 1.06 bits per heavy atom. The molecule has 2 aromatic heterocycles. The van der Waals surface area contributed by atoms with Crippen LogP contribution in [0.2, 0.25) is 0 Å². The molecule has 0 saturated carbocycles. The zero-order chi connectivity index (χ0) is 22.2. The quantitative estimate of drug-likeness (QED) is 0.190. The SMILES string of the molecule is CC(C)[C@H](CO)Nc1nc(NNc2ccc(N=[S-](=O)O)cc2)cc(-c2ccncc2)n1. The number of pyridine rings is 1. The zero-order valence-electron chi connectivity index (χ0n) is 17.1. The van der Waals surface area contributed by atoms with E-state index < -0.39 is 10.9 Å². The molecule has 3 aromatic rings. The fourth-order valence-electron chi connectivity index (χ4n) is 2.67. The number of aromatic nitrogens is 3. The molecule has 0 bridgehead atoms. The minimum absolute atomic E-state index is 0.0441. The summed E-state index contributed by atoms with van der Waals surface area (Å²) in [6.07, 6.45) is 3.37. The summed E-state index contributed by atoms with van der Waals surface area (Å²) in [4.78, 5) is 13.1. The van der Waals surface area contributed by atoms with E-state index in [9.17, 15) is 9.32 Å². The lowest BCUT2D eigenvalue weighted by Gasteiger charge is -2.21. The second-order valence-corrected chi connectivity index (χ2v) is 7.64. The van der Waals surface area contributed by atoms with Crippen LogP contribution in [0.1, 0.15) is 13.8 Å². The molecular weight excluding hydrogens is 418 g/mol. The van der Waals surface area contributed by atoms with Gasteiger partial charge in [0.15, 0.2) is 5.82 Å². The van der Waals surface area contributed by atoms with Gasteiger partial charge in [-0.1, -0.05) is 24.7 Å². The summed E-state index contributed by atoms with van der Waals surface area (Å²) < 4.78 is 23.1. The molecule has 0 fully saturated rings. The van der Waals surface area contributed by atoms with Gasteiger partial charge in [-0.25, -0.2) is 4.98 Å². The van der Waals surface area contributed by atoms with Crippen LogP contribution in [0.15, 0.2) is 59.2 Å². The van der Waals surface area contributed by atoms with Crippen molar-refractivity contribution in [3.63, 3.8) is 0 Å². The molecule has 0 aliphatic carbocycles. The molecule has 0 spiro atoms. The van der Waals surface area contributed by atoms with Crippen molar-refractivity contribution in [1.82, 2.24) is 15.0 Å². The lowest BCUT2D eigenvalue weighted by molar-refractivity contribution is 0.248. The molecule has 1 atom stereocenters. The van der Waals surface area contributed by atoms with Crippen molar-refractivity contribution < 1.29 is 13.9 Å². The van der Waals surface area contributed by atoms with Gasteiger partial charge in [-0.3, -0.25) is 15.8 Å². The van der Waals surface area contributed by atoms with Crippen molar-refractivity contribution >= 4 is 34.0 Å². The van der Waals surface area contributed by atoms with Gasteiger partial charge in [0, 0.05) is 29.7 Å². The molecular formula is C20H24N7O3S-. The van der Waals surface area contributed by atoms with Crippen molar-refractivity contribution in [1.29, 1.82) is 0 Å². The molecule has 0 amide bonds. The van der Waals surface area contributed by atoms with Gasteiger partial charge in [-0.05, 0) is 42.3 Å². The number of aliphatic hydroxyl groups is 1.